The summed E-state index contributed by atoms with van der Waals surface area (Å²) in [6, 6.07) is 0. The van der Waals surface area contributed by atoms with Crippen LogP contribution in [0, 0.1) is 5.92 Å². The summed E-state index contributed by atoms with van der Waals surface area (Å²) in [6.45, 7) is 1.21. The van der Waals surface area contributed by atoms with Crippen molar-refractivity contribution >= 4 is 15.9 Å². The van der Waals surface area contributed by atoms with E-state index in [-0.39, 0.29) is 5.92 Å². The summed E-state index contributed by atoms with van der Waals surface area (Å²) in [4.78, 5) is 0. The van der Waals surface area contributed by atoms with Gasteiger partial charge in [-0.05, 0) is 0 Å². The first-order valence-electron chi connectivity index (χ1n) is 2.62. The largest absolute Gasteiger partial charge is 0.380 e. The second-order valence-electron chi connectivity index (χ2n) is 1.97. The molecule has 0 saturated carbocycles. The normalized spacial score (nSPS) is 24.8. The molecular formula is C5H8BrFO. The van der Waals surface area contributed by atoms with E-state index in [9.17, 15) is 4.39 Å². The van der Waals surface area contributed by atoms with Crippen LogP contribution in [-0.4, -0.2) is 24.7 Å². The number of rotatable bonds is 2. The van der Waals surface area contributed by atoms with Gasteiger partial charge in [0.2, 0.25) is 0 Å². The van der Waals surface area contributed by atoms with E-state index in [0.717, 1.165) is 0 Å². The second kappa shape index (κ2) is 2.78. The van der Waals surface area contributed by atoms with Crippen molar-refractivity contribution in [3.05, 3.63) is 0 Å². The van der Waals surface area contributed by atoms with Crippen molar-refractivity contribution in [2.75, 3.05) is 18.5 Å². The molecule has 1 aliphatic heterocycles. The van der Waals surface area contributed by atoms with Crippen molar-refractivity contribution in [2.24, 2.45) is 5.92 Å². The van der Waals surface area contributed by atoms with Crippen molar-refractivity contribution in [3.63, 3.8) is 0 Å². The summed E-state index contributed by atoms with van der Waals surface area (Å²) in [5.41, 5.74) is 0. The van der Waals surface area contributed by atoms with Crippen molar-refractivity contribution in [2.45, 2.75) is 6.17 Å². The van der Waals surface area contributed by atoms with Crippen LogP contribution in [-0.2, 0) is 4.74 Å². The lowest BCUT2D eigenvalue weighted by Gasteiger charge is -2.27. The Labute approximate surface area is 56.3 Å². The zero-order valence-corrected chi connectivity index (χ0v) is 6.03. The van der Waals surface area contributed by atoms with E-state index in [1.165, 1.54) is 0 Å². The molecular weight excluding hydrogens is 175 g/mol. The highest BCUT2D eigenvalue weighted by molar-refractivity contribution is 9.09. The number of hydrogen-bond donors (Lipinski definition) is 0. The van der Waals surface area contributed by atoms with Gasteiger partial charge in [0.1, 0.15) is 6.17 Å². The zero-order chi connectivity index (χ0) is 5.98. The van der Waals surface area contributed by atoms with Gasteiger partial charge in [-0.15, -0.1) is 0 Å². The average Bonchev–Trinajstić information content (AvgIpc) is 1.62. The highest BCUT2D eigenvalue weighted by atomic mass is 79.9. The fourth-order valence-corrected chi connectivity index (χ4v) is 1.12. The molecule has 0 aliphatic carbocycles. The summed E-state index contributed by atoms with van der Waals surface area (Å²) in [7, 11) is 0. The molecule has 1 unspecified atom stereocenters. The minimum absolute atomic E-state index is 0.161. The summed E-state index contributed by atoms with van der Waals surface area (Å²) < 4.78 is 17.2. The predicted molar refractivity (Wildman–Crippen MR) is 33.0 cm³/mol. The first-order chi connectivity index (χ1) is 3.84. The third-order valence-corrected chi connectivity index (χ3v) is 1.94. The molecule has 0 amide bonds. The molecule has 48 valence electrons. The lowest BCUT2D eigenvalue weighted by atomic mass is 10.0. The van der Waals surface area contributed by atoms with Crippen molar-refractivity contribution < 1.29 is 9.13 Å². The molecule has 0 bridgehead atoms. The van der Waals surface area contributed by atoms with Gasteiger partial charge in [0.25, 0.3) is 0 Å². The fraction of sp³-hybridized carbons (Fsp3) is 1.00. The van der Waals surface area contributed by atoms with E-state index < -0.39 is 6.17 Å². The monoisotopic (exact) mass is 182 g/mol. The molecule has 0 aromatic rings. The molecule has 0 N–H and O–H groups in total. The quantitative estimate of drug-likeness (QED) is 0.587. The summed E-state index contributed by atoms with van der Waals surface area (Å²) in [5, 5.41) is 0.445. The van der Waals surface area contributed by atoms with Crippen LogP contribution in [0.4, 0.5) is 4.39 Å². The van der Waals surface area contributed by atoms with Gasteiger partial charge < -0.3 is 4.74 Å². The Morgan fingerprint density at radius 2 is 2.38 bits per heavy atom. The first kappa shape index (κ1) is 6.49. The Balaban J connectivity index is 2.13. The maximum Gasteiger partial charge on any atom is 0.117 e. The molecule has 1 atom stereocenters. The molecule has 0 aromatic carbocycles. The Morgan fingerprint density at radius 3 is 2.50 bits per heavy atom. The number of alkyl halides is 2. The lowest BCUT2D eigenvalue weighted by Crippen LogP contribution is -2.36. The molecule has 8 heavy (non-hydrogen) atoms. The Bertz CT molecular complexity index is 72.1. The van der Waals surface area contributed by atoms with Gasteiger partial charge in [0.15, 0.2) is 0 Å². The number of halogens is 2. The van der Waals surface area contributed by atoms with Crippen LogP contribution in [0.1, 0.15) is 0 Å². The van der Waals surface area contributed by atoms with Crippen molar-refractivity contribution in [3.8, 4) is 0 Å². The Morgan fingerprint density at radius 1 is 1.75 bits per heavy atom. The van der Waals surface area contributed by atoms with Crippen LogP contribution in [0.2, 0.25) is 0 Å². The standard InChI is InChI=1S/C5H8BrFO/c6-1-5(7)4-2-8-3-4/h4-5H,1-3H2. The SMILES string of the molecule is FC(CBr)C1COC1. The fourth-order valence-electron chi connectivity index (χ4n) is 0.589. The second-order valence-corrected chi connectivity index (χ2v) is 2.62. The molecule has 1 rings (SSSR count). The maximum absolute atomic E-state index is 12.5. The zero-order valence-electron chi connectivity index (χ0n) is 4.44. The number of hydrogen-bond acceptors (Lipinski definition) is 1. The van der Waals surface area contributed by atoms with E-state index in [1.807, 2.05) is 0 Å². The third kappa shape index (κ3) is 1.20. The topological polar surface area (TPSA) is 9.23 Å². The molecule has 0 spiro atoms. The molecule has 1 fully saturated rings. The summed E-state index contributed by atoms with van der Waals surface area (Å²) in [6.07, 6.45) is -0.705. The van der Waals surface area contributed by atoms with Gasteiger partial charge in [0.05, 0.1) is 13.2 Å². The van der Waals surface area contributed by atoms with Crippen molar-refractivity contribution in [1.29, 1.82) is 0 Å². The van der Waals surface area contributed by atoms with E-state index in [0.29, 0.717) is 18.5 Å². The molecule has 1 aliphatic rings. The van der Waals surface area contributed by atoms with Crippen LogP contribution >= 0.6 is 15.9 Å². The third-order valence-electron chi connectivity index (χ3n) is 1.32. The predicted octanol–water partition coefficient (Wildman–Crippen LogP) is 1.37. The van der Waals surface area contributed by atoms with Crippen LogP contribution in [0.15, 0.2) is 0 Å². The van der Waals surface area contributed by atoms with E-state index in [2.05, 4.69) is 15.9 Å². The molecule has 1 saturated heterocycles. The van der Waals surface area contributed by atoms with Crippen molar-refractivity contribution in [1.82, 2.24) is 0 Å². The smallest absolute Gasteiger partial charge is 0.117 e. The Hall–Kier alpha value is 0.370. The van der Waals surface area contributed by atoms with Crippen LogP contribution in [0.3, 0.4) is 0 Å². The van der Waals surface area contributed by atoms with E-state index in [4.69, 9.17) is 4.74 Å². The van der Waals surface area contributed by atoms with Gasteiger partial charge >= 0.3 is 0 Å². The van der Waals surface area contributed by atoms with Gasteiger partial charge in [-0.1, -0.05) is 15.9 Å². The minimum Gasteiger partial charge on any atom is -0.380 e. The van der Waals surface area contributed by atoms with E-state index >= 15 is 0 Å². The van der Waals surface area contributed by atoms with Gasteiger partial charge in [-0.25, -0.2) is 4.39 Å². The molecule has 1 heterocycles. The average molecular weight is 183 g/mol. The van der Waals surface area contributed by atoms with Crippen LogP contribution in [0.25, 0.3) is 0 Å². The van der Waals surface area contributed by atoms with E-state index in [1.54, 1.807) is 0 Å². The highest BCUT2D eigenvalue weighted by Crippen LogP contribution is 2.18. The van der Waals surface area contributed by atoms with Gasteiger partial charge in [0, 0.05) is 11.2 Å². The Kier molecular flexibility index (Phi) is 2.26. The lowest BCUT2D eigenvalue weighted by molar-refractivity contribution is -0.0624. The number of ether oxygens (including phenoxy) is 1. The molecule has 1 nitrogen and oxygen atoms in total. The summed E-state index contributed by atoms with van der Waals surface area (Å²) >= 11 is 3.06. The van der Waals surface area contributed by atoms with Crippen LogP contribution < -0.4 is 0 Å². The van der Waals surface area contributed by atoms with Gasteiger partial charge in [-0.3, -0.25) is 0 Å². The molecule has 0 radical (unpaired) electrons. The maximum atomic E-state index is 12.5. The first-order valence-corrected chi connectivity index (χ1v) is 3.74. The van der Waals surface area contributed by atoms with Crippen LogP contribution in [0.5, 0.6) is 0 Å². The van der Waals surface area contributed by atoms with Gasteiger partial charge in [-0.2, -0.15) is 0 Å². The highest BCUT2D eigenvalue weighted by Gasteiger charge is 2.26. The molecule has 0 aromatic heterocycles. The summed E-state index contributed by atoms with van der Waals surface area (Å²) in [5.74, 6) is 0.161. The minimum atomic E-state index is -0.705. The molecule has 3 heteroatoms.